The van der Waals surface area contributed by atoms with E-state index >= 15 is 0 Å². The highest BCUT2D eigenvalue weighted by atomic mass is 19.1. The number of ketones is 1. The van der Waals surface area contributed by atoms with Crippen molar-refractivity contribution in [2.45, 2.75) is 32.2 Å². The summed E-state index contributed by atoms with van der Waals surface area (Å²) in [5.74, 6) is 0.188. The van der Waals surface area contributed by atoms with Crippen LogP contribution in [0.2, 0.25) is 0 Å². The van der Waals surface area contributed by atoms with E-state index in [4.69, 9.17) is 14.6 Å². The van der Waals surface area contributed by atoms with Gasteiger partial charge in [-0.25, -0.2) is 9.18 Å². The van der Waals surface area contributed by atoms with Crippen molar-refractivity contribution in [3.05, 3.63) is 58.4 Å². The highest BCUT2D eigenvalue weighted by molar-refractivity contribution is 6.10. The largest absolute Gasteiger partial charge is 0.511 e. The molecule has 2 aromatic carbocycles. The van der Waals surface area contributed by atoms with Crippen LogP contribution in [0.15, 0.2) is 30.3 Å². The first-order chi connectivity index (χ1) is 12.3. The zero-order valence-electron chi connectivity index (χ0n) is 14.0. The Morgan fingerprint density at radius 1 is 1.31 bits per heavy atom. The van der Waals surface area contributed by atoms with Crippen LogP contribution in [0.4, 0.5) is 9.18 Å². The number of carbonyl (C=O) groups is 2. The molecule has 0 radical (unpaired) electrons. The van der Waals surface area contributed by atoms with Gasteiger partial charge in [-0.2, -0.15) is 0 Å². The lowest BCUT2D eigenvalue weighted by Gasteiger charge is -2.22. The van der Waals surface area contributed by atoms with Gasteiger partial charge >= 0.3 is 12.6 Å². The summed E-state index contributed by atoms with van der Waals surface area (Å²) in [6.07, 6.45) is -1.19. The van der Waals surface area contributed by atoms with Crippen LogP contribution in [0.1, 0.15) is 34.0 Å². The van der Waals surface area contributed by atoms with Crippen LogP contribution in [0.25, 0.3) is 0 Å². The molecule has 2 unspecified atom stereocenters. The van der Waals surface area contributed by atoms with E-state index in [2.05, 4.69) is 4.74 Å². The van der Waals surface area contributed by atoms with E-state index in [1.807, 2.05) is 0 Å². The van der Waals surface area contributed by atoms with Gasteiger partial charge in [0.15, 0.2) is 17.3 Å². The van der Waals surface area contributed by atoms with Gasteiger partial charge in [-0.1, -0.05) is 12.1 Å². The summed E-state index contributed by atoms with van der Waals surface area (Å²) >= 11 is 0. The predicted molar refractivity (Wildman–Crippen MR) is 87.1 cm³/mol. The van der Waals surface area contributed by atoms with Crippen LogP contribution in [-0.2, 0) is 16.6 Å². The Bertz CT molecular complexity index is 936. The average molecular weight is 358 g/mol. The Labute approximate surface area is 148 Å². The molecule has 0 bridgehead atoms. The molecule has 1 heterocycles. The molecule has 26 heavy (non-hydrogen) atoms. The molecule has 0 aromatic heterocycles. The molecule has 6 nitrogen and oxygen atoms in total. The number of aryl methyl sites for hydroxylation is 1. The summed E-state index contributed by atoms with van der Waals surface area (Å²) in [5.41, 5.74) is 1.70. The van der Waals surface area contributed by atoms with Gasteiger partial charge < -0.3 is 19.3 Å². The minimum atomic E-state index is -1.52. The standard InChI is InChI=1S/C19H15FO6/c1-9-7-13-15(25-18(24-13)26-17(22)23)12-8-19(2,16(21)14(9)12)10-3-5-11(20)6-4-10/h3-7,18H,8H2,1-2H3,(H,22,23). The quantitative estimate of drug-likeness (QED) is 0.827. The van der Waals surface area contributed by atoms with E-state index in [-0.39, 0.29) is 11.6 Å². The molecule has 2 aromatic rings. The van der Waals surface area contributed by atoms with E-state index in [1.165, 1.54) is 12.1 Å². The second-order valence-electron chi connectivity index (χ2n) is 6.63. The third-order valence-corrected chi connectivity index (χ3v) is 4.92. The molecule has 1 aliphatic heterocycles. The van der Waals surface area contributed by atoms with E-state index in [1.54, 1.807) is 32.0 Å². The second kappa shape index (κ2) is 5.45. The molecule has 134 valence electrons. The molecule has 1 N–H and O–H groups in total. The number of Topliss-reactive ketones (excluding diaryl/α,β-unsaturated/α-hetero) is 1. The topological polar surface area (TPSA) is 82.1 Å². The molecule has 0 fully saturated rings. The number of carbonyl (C=O) groups excluding carboxylic acids is 1. The van der Waals surface area contributed by atoms with Crippen molar-refractivity contribution in [1.29, 1.82) is 0 Å². The summed E-state index contributed by atoms with van der Waals surface area (Å²) in [6.45, 7) is 2.18. The van der Waals surface area contributed by atoms with Crippen molar-refractivity contribution < 1.29 is 33.3 Å². The van der Waals surface area contributed by atoms with Crippen molar-refractivity contribution >= 4 is 11.9 Å². The molecule has 2 atom stereocenters. The van der Waals surface area contributed by atoms with Crippen molar-refractivity contribution in [2.75, 3.05) is 0 Å². The Balaban J connectivity index is 1.77. The van der Waals surface area contributed by atoms with Crippen LogP contribution < -0.4 is 9.47 Å². The van der Waals surface area contributed by atoms with Crippen molar-refractivity contribution in [1.82, 2.24) is 0 Å². The number of halogens is 1. The van der Waals surface area contributed by atoms with E-state index in [9.17, 15) is 14.0 Å². The fraction of sp³-hybridized carbons (Fsp3) is 0.263. The van der Waals surface area contributed by atoms with Crippen LogP contribution in [0, 0.1) is 12.7 Å². The minimum Gasteiger partial charge on any atom is -0.450 e. The summed E-state index contributed by atoms with van der Waals surface area (Å²) in [4.78, 5) is 23.9. The first-order valence-corrected chi connectivity index (χ1v) is 8.00. The first-order valence-electron chi connectivity index (χ1n) is 8.00. The number of rotatable bonds is 2. The number of fused-ring (bicyclic) bond motifs is 3. The molecule has 0 spiro atoms. The van der Waals surface area contributed by atoms with Gasteiger partial charge in [0.1, 0.15) is 5.82 Å². The molecule has 0 amide bonds. The normalized spacial score (nSPS) is 23.0. The summed E-state index contributed by atoms with van der Waals surface area (Å²) in [7, 11) is 0. The summed E-state index contributed by atoms with van der Waals surface area (Å²) in [6, 6.07) is 7.48. The van der Waals surface area contributed by atoms with E-state index in [0.29, 0.717) is 40.2 Å². The Morgan fingerprint density at radius 3 is 2.65 bits per heavy atom. The molecule has 7 heteroatoms. The SMILES string of the molecule is Cc1cc2c(c3c1C(=O)C(C)(c1ccc(F)cc1)C3)OC(OC(=O)O)O2. The smallest absolute Gasteiger partial charge is 0.450 e. The lowest BCUT2D eigenvalue weighted by atomic mass is 9.79. The van der Waals surface area contributed by atoms with Gasteiger partial charge in [-0.3, -0.25) is 4.79 Å². The lowest BCUT2D eigenvalue weighted by molar-refractivity contribution is -0.147. The van der Waals surface area contributed by atoms with Crippen molar-refractivity contribution in [2.24, 2.45) is 0 Å². The first kappa shape index (κ1) is 16.4. The number of ether oxygens (including phenoxy) is 3. The predicted octanol–water partition coefficient (Wildman–Crippen LogP) is 3.58. The van der Waals surface area contributed by atoms with Crippen LogP contribution in [0.5, 0.6) is 11.5 Å². The molecular weight excluding hydrogens is 343 g/mol. The maximum absolute atomic E-state index is 13.3. The third-order valence-electron chi connectivity index (χ3n) is 4.92. The van der Waals surface area contributed by atoms with Gasteiger partial charge in [0.2, 0.25) is 0 Å². The van der Waals surface area contributed by atoms with Gasteiger partial charge in [-0.05, 0) is 49.6 Å². The minimum absolute atomic E-state index is 0.0920. The molecule has 1 aliphatic carbocycles. The van der Waals surface area contributed by atoms with Crippen LogP contribution in [0.3, 0.4) is 0 Å². The highest BCUT2D eigenvalue weighted by Crippen LogP contribution is 2.50. The molecule has 2 aliphatic rings. The van der Waals surface area contributed by atoms with Gasteiger partial charge in [-0.15, -0.1) is 0 Å². The maximum atomic E-state index is 13.3. The number of hydrogen-bond acceptors (Lipinski definition) is 5. The number of benzene rings is 2. The van der Waals surface area contributed by atoms with Gasteiger partial charge in [0.05, 0.1) is 5.41 Å². The second-order valence-corrected chi connectivity index (χ2v) is 6.63. The molecule has 0 saturated heterocycles. The maximum Gasteiger partial charge on any atom is 0.511 e. The summed E-state index contributed by atoms with van der Waals surface area (Å²) in [5, 5.41) is 8.73. The molecule has 4 rings (SSSR count). The third kappa shape index (κ3) is 2.31. The highest BCUT2D eigenvalue weighted by Gasteiger charge is 2.47. The van der Waals surface area contributed by atoms with Crippen LogP contribution in [-0.4, -0.2) is 23.5 Å². The Morgan fingerprint density at radius 2 is 2.00 bits per heavy atom. The Hall–Kier alpha value is -3.09. The molecule has 0 saturated carbocycles. The van der Waals surface area contributed by atoms with Gasteiger partial charge in [0, 0.05) is 11.1 Å². The van der Waals surface area contributed by atoms with Crippen LogP contribution >= 0.6 is 0 Å². The number of hydrogen-bond donors (Lipinski definition) is 1. The number of carboxylic acid groups (broad SMARTS) is 1. The van der Waals surface area contributed by atoms with Gasteiger partial charge in [0.25, 0.3) is 0 Å². The van der Waals surface area contributed by atoms with Crippen molar-refractivity contribution in [3.8, 4) is 11.5 Å². The fourth-order valence-electron chi connectivity index (χ4n) is 3.65. The monoisotopic (exact) mass is 358 g/mol. The van der Waals surface area contributed by atoms with E-state index in [0.717, 1.165) is 0 Å². The summed E-state index contributed by atoms with van der Waals surface area (Å²) < 4.78 is 28.6. The molecular formula is C19H15FO6. The fourth-order valence-corrected chi connectivity index (χ4v) is 3.65. The zero-order chi connectivity index (χ0) is 18.6. The lowest BCUT2D eigenvalue weighted by Crippen LogP contribution is -2.29. The average Bonchev–Trinajstić information content (AvgIpc) is 3.07. The Kier molecular flexibility index (Phi) is 3.44. The van der Waals surface area contributed by atoms with E-state index < -0.39 is 18.0 Å². The zero-order valence-corrected chi connectivity index (χ0v) is 14.0. The van der Waals surface area contributed by atoms with Crippen molar-refractivity contribution in [3.63, 3.8) is 0 Å².